The smallest absolute Gasteiger partial charge is 0.311 e. The van der Waals surface area contributed by atoms with Crippen molar-refractivity contribution >= 4 is 23.5 Å². The van der Waals surface area contributed by atoms with Crippen LogP contribution in [-0.4, -0.2) is 35.8 Å². The van der Waals surface area contributed by atoms with Gasteiger partial charge in [-0.05, 0) is 24.6 Å². The van der Waals surface area contributed by atoms with Gasteiger partial charge in [0.1, 0.15) is 17.3 Å². The number of amides is 2. The van der Waals surface area contributed by atoms with Crippen molar-refractivity contribution in [3.63, 3.8) is 0 Å². The van der Waals surface area contributed by atoms with Crippen molar-refractivity contribution in [1.29, 1.82) is 0 Å². The first-order valence-corrected chi connectivity index (χ1v) is 9.11. The van der Waals surface area contributed by atoms with Crippen LogP contribution in [0.2, 0.25) is 0 Å². The van der Waals surface area contributed by atoms with Gasteiger partial charge in [0.05, 0.1) is 12.0 Å². The summed E-state index contributed by atoms with van der Waals surface area (Å²) in [5, 5.41) is 2.04. The summed E-state index contributed by atoms with van der Waals surface area (Å²) in [5.41, 5.74) is 0.341. The number of carbonyl (C=O) groups is 3. The Morgan fingerprint density at radius 3 is 2.45 bits per heavy atom. The Balaban J connectivity index is 1.53. The van der Waals surface area contributed by atoms with Crippen molar-refractivity contribution in [2.45, 2.75) is 19.4 Å². The molecule has 1 fully saturated rings. The highest BCUT2D eigenvalue weighted by Gasteiger charge is 2.38. The van der Waals surface area contributed by atoms with Crippen LogP contribution in [0.5, 0.6) is 0 Å². The zero-order valence-corrected chi connectivity index (χ0v) is 15.7. The van der Waals surface area contributed by atoms with Crippen LogP contribution in [0.15, 0.2) is 48.5 Å². The number of para-hydroxylation sites is 1. The molecule has 8 heteroatoms. The number of likely N-dealkylation sites (tertiary alicyclic amines) is 1. The van der Waals surface area contributed by atoms with Crippen molar-refractivity contribution < 1.29 is 27.9 Å². The zero-order chi connectivity index (χ0) is 21.0. The molecule has 29 heavy (non-hydrogen) atoms. The number of nitrogens with zero attached hydrogens (tertiary/aromatic N) is 1. The van der Waals surface area contributed by atoms with Crippen molar-refractivity contribution in [3.05, 3.63) is 65.7 Å². The van der Waals surface area contributed by atoms with E-state index >= 15 is 0 Å². The van der Waals surface area contributed by atoms with Gasteiger partial charge in [-0.1, -0.05) is 36.4 Å². The molecular weight excluding hydrogens is 382 g/mol. The van der Waals surface area contributed by atoms with Gasteiger partial charge in [-0.3, -0.25) is 14.4 Å². The van der Waals surface area contributed by atoms with E-state index in [4.69, 9.17) is 4.74 Å². The van der Waals surface area contributed by atoms with Crippen LogP contribution < -0.4 is 5.32 Å². The molecule has 0 unspecified atom stereocenters. The molecule has 2 aromatic rings. The van der Waals surface area contributed by atoms with E-state index in [9.17, 15) is 23.2 Å². The maximum atomic E-state index is 13.6. The van der Waals surface area contributed by atoms with Crippen molar-refractivity contribution in [3.8, 4) is 0 Å². The summed E-state index contributed by atoms with van der Waals surface area (Å²) < 4.78 is 32.1. The first-order chi connectivity index (χ1) is 13.9. The Morgan fingerprint density at radius 2 is 1.79 bits per heavy atom. The molecule has 0 saturated carbocycles. The molecule has 0 aromatic heterocycles. The zero-order valence-electron chi connectivity index (χ0n) is 15.7. The summed E-state index contributed by atoms with van der Waals surface area (Å²) in [7, 11) is 0. The molecule has 2 aromatic carbocycles. The monoisotopic (exact) mass is 402 g/mol. The Bertz CT molecular complexity index is 900. The fourth-order valence-corrected chi connectivity index (χ4v) is 3.22. The van der Waals surface area contributed by atoms with E-state index in [0.29, 0.717) is 0 Å². The SMILES string of the molecule is C[C@H](c1ccccc1)N1C[C@@H](C(=O)OCC(=O)Nc2c(F)cccc2F)CC1=O. The summed E-state index contributed by atoms with van der Waals surface area (Å²) in [4.78, 5) is 38.0. The highest BCUT2D eigenvalue weighted by molar-refractivity contribution is 5.94. The van der Waals surface area contributed by atoms with Gasteiger partial charge in [-0.15, -0.1) is 0 Å². The maximum Gasteiger partial charge on any atom is 0.311 e. The van der Waals surface area contributed by atoms with Gasteiger partial charge in [-0.2, -0.15) is 0 Å². The molecule has 1 saturated heterocycles. The number of esters is 1. The minimum absolute atomic E-state index is 0.0143. The standard InChI is InChI=1S/C21H20F2N2O4/c1-13(14-6-3-2-4-7-14)25-11-15(10-19(25)27)21(28)29-12-18(26)24-20-16(22)8-5-9-17(20)23/h2-9,13,15H,10-12H2,1H3,(H,24,26)/t13-,15+/m1/s1. The second-order valence-corrected chi connectivity index (χ2v) is 6.79. The fraction of sp³-hybridized carbons (Fsp3) is 0.286. The van der Waals surface area contributed by atoms with Crippen molar-refractivity contribution in [2.24, 2.45) is 5.92 Å². The number of nitrogens with one attached hydrogen (secondary N) is 1. The van der Waals surface area contributed by atoms with Crippen LogP contribution >= 0.6 is 0 Å². The van der Waals surface area contributed by atoms with E-state index < -0.39 is 41.7 Å². The normalized spacial score (nSPS) is 17.1. The van der Waals surface area contributed by atoms with Crippen LogP contribution in [0.1, 0.15) is 24.9 Å². The third kappa shape index (κ3) is 4.77. The van der Waals surface area contributed by atoms with Gasteiger partial charge in [0.25, 0.3) is 5.91 Å². The average Bonchev–Trinajstić information content (AvgIpc) is 3.11. The van der Waals surface area contributed by atoms with E-state index in [1.807, 2.05) is 42.6 Å². The number of anilines is 1. The van der Waals surface area contributed by atoms with E-state index in [1.165, 1.54) is 6.07 Å². The Morgan fingerprint density at radius 1 is 1.14 bits per heavy atom. The molecule has 0 bridgehead atoms. The number of benzene rings is 2. The third-order valence-corrected chi connectivity index (χ3v) is 4.81. The number of carbonyl (C=O) groups excluding carboxylic acids is 3. The van der Waals surface area contributed by atoms with E-state index in [-0.39, 0.29) is 24.9 Å². The molecule has 1 aliphatic rings. The highest BCUT2D eigenvalue weighted by atomic mass is 19.1. The Labute approximate surface area is 166 Å². The van der Waals surface area contributed by atoms with Crippen LogP contribution in [0, 0.1) is 17.6 Å². The maximum absolute atomic E-state index is 13.6. The van der Waals surface area contributed by atoms with E-state index in [2.05, 4.69) is 0 Å². The second kappa shape index (κ2) is 8.81. The molecule has 1 heterocycles. The van der Waals surface area contributed by atoms with Gasteiger partial charge in [0.2, 0.25) is 5.91 Å². The van der Waals surface area contributed by atoms with Gasteiger partial charge in [0, 0.05) is 13.0 Å². The predicted molar refractivity (Wildman–Crippen MR) is 101 cm³/mol. The van der Waals surface area contributed by atoms with Gasteiger partial charge in [-0.25, -0.2) is 8.78 Å². The lowest BCUT2D eigenvalue weighted by molar-refractivity contribution is -0.151. The summed E-state index contributed by atoms with van der Waals surface area (Å²) in [5.74, 6) is -4.33. The lowest BCUT2D eigenvalue weighted by Crippen LogP contribution is -2.30. The molecule has 3 rings (SSSR count). The number of rotatable bonds is 6. The molecule has 0 aliphatic carbocycles. The molecule has 1 N–H and O–H groups in total. The van der Waals surface area contributed by atoms with Gasteiger partial charge < -0.3 is 15.0 Å². The van der Waals surface area contributed by atoms with Gasteiger partial charge in [0.15, 0.2) is 6.61 Å². The molecule has 0 spiro atoms. The lowest BCUT2D eigenvalue weighted by Gasteiger charge is -2.25. The fourth-order valence-electron chi connectivity index (χ4n) is 3.22. The average molecular weight is 402 g/mol. The molecule has 152 valence electrons. The Hall–Kier alpha value is -3.29. The highest BCUT2D eigenvalue weighted by Crippen LogP contribution is 2.29. The molecule has 1 aliphatic heterocycles. The van der Waals surface area contributed by atoms with Crippen LogP contribution in [0.25, 0.3) is 0 Å². The molecule has 2 amide bonds. The number of halogens is 2. The first-order valence-electron chi connectivity index (χ1n) is 9.11. The molecule has 0 radical (unpaired) electrons. The first kappa shape index (κ1) is 20.4. The third-order valence-electron chi connectivity index (χ3n) is 4.81. The summed E-state index contributed by atoms with van der Waals surface area (Å²) in [6.45, 7) is 1.35. The largest absolute Gasteiger partial charge is 0.455 e. The van der Waals surface area contributed by atoms with Crippen LogP contribution in [0.4, 0.5) is 14.5 Å². The molecule has 2 atom stereocenters. The summed E-state index contributed by atoms with van der Waals surface area (Å²) in [6.07, 6.45) is -0.0143. The van der Waals surface area contributed by atoms with Crippen molar-refractivity contribution in [1.82, 2.24) is 4.90 Å². The quantitative estimate of drug-likeness (QED) is 0.754. The minimum Gasteiger partial charge on any atom is -0.455 e. The lowest BCUT2D eigenvalue weighted by atomic mass is 10.1. The second-order valence-electron chi connectivity index (χ2n) is 6.79. The molecular formula is C21H20F2N2O4. The minimum atomic E-state index is -0.934. The summed E-state index contributed by atoms with van der Waals surface area (Å²) in [6, 6.07) is 12.4. The topological polar surface area (TPSA) is 75.7 Å². The van der Waals surface area contributed by atoms with E-state index in [1.54, 1.807) is 4.90 Å². The molecule has 6 nitrogen and oxygen atoms in total. The number of ether oxygens (including phenoxy) is 1. The number of hydrogen-bond donors (Lipinski definition) is 1. The van der Waals surface area contributed by atoms with Crippen molar-refractivity contribution in [2.75, 3.05) is 18.5 Å². The van der Waals surface area contributed by atoms with Crippen LogP contribution in [0.3, 0.4) is 0 Å². The predicted octanol–water partition coefficient (Wildman–Crippen LogP) is 3.06. The van der Waals surface area contributed by atoms with E-state index in [0.717, 1.165) is 17.7 Å². The van der Waals surface area contributed by atoms with Crippen LogP contribution in [-0.2, 0) is 19.1 Å². The Kier molecular flexibility index (Phi) is 6.21. The summed E-state index contributed by atoms with van der Waals surface area (Å²) >= 11 is 0. The van der Waals surface area contributed by atoms with Gasteiger partial charge >= 0.3 is 5.97 Å². The number of hydrogen-bond acceptors (Lipinski definition) is 4.